The first-order valence-electron chi connectivity index (χ1n) is 11.2. The van der Waals surface area contributed by atoms with Crippen LogP contribution in [0.4, 0.5) is 10.6 Å². The van der Waals surface area contributed by atoms with E-state index >= 15 is 0 Å². The van der Waals surface area contributed by atoms with E-state index in [1.165, 1.54) is 11.8 Å². The quantitative estimate of drug-likeness (QED) is 0.371. The Morgan fingerprint density at radius 2 is 2.18 bits per heavy atom. The largest absolute Gasteiger partial charge is 0.480 e. The highest BCUT2D eigenvalue weighted by atomic mass is 16.5. The van der Waals surface area contributed by atoms with E-state index in [2.05, 4.69) is 32.1 Å². The lowest BCUT2D eigenvalue weighted by Gasteiger charge is -2.17. The molecular formula is C22H30N6O5. The second-order valence-electron chi connectivity index (χ2n) is 7.82. The van der Waals surface area contributed by atoms with Crippen molar-refractivity contribution in [3.05, 3.63) is 41.3 Å². The predicted octanol–water partition coefficient (Wildman–Crippen LogP) is 1.59. The number of unbranched alkanes of at least 4 members (excludes halogenated alkanes) is 1. The number of carboxylic acid groups (broad SMARTS) is 1. The van der Waals surface area contributed by atoms with Gasteiger partial charge in [-0.25, -0.2) is 14.6 Å². The van der Waals surface area contributed by atoms with Crippen molar-refractivity contribution in [3.63, 3.8) is 0 Å². The summed E-state index contributed by atoms with van der Waals surface area (Å²) in [7, 11) is 0. The van der Waals surface area contributed by atoms with Gasteiger partial charge in [-0.3, -0.25) is 9.48 Å². The number of aliphatic carboxylic acids is 1. The van der Waals surface area contributed by atoms with Crippen LogP contribution in [0.3, 0.4) is 0 Å². The first-order chi connectivity index (χ1) is 16.0. The van der Waals surface area contributed by atoms with Gasteiger partial charge in [0.1, 0.15) is 11.9 Å². The fourth-order valence-corrected chi connectivity index (χ4v) is 3.33. The maximum atomic E-state index is 12.4. The van der Waals surface area contributed by atoms with Gasteiger partial charge in [-0.05, 0) is 30.9 Å². The lowest BCUT2D eigenvalue weighted by molar-refractivity contribution is -0.139. The Kier molecular flexibility index (Phi) is 8.62. The minimum absolute atomic E-state index is 0.206. The van der Waals surface area contributed by atoms with Crippen LogP contribution in [0.2, 0.25) is 0 Å². The third-order valence-corrected chi connectivity index (χ3v) is 5.23. The number of aromatic nitrogens is 3. The zero-order chi connectivity index (χ0) is 23.6. The van der Waals surface area contributed by atoms with Crippen LogP contribution in [0.1, 0.15) is 47.8 Å². The van der Waals surface area contributed by atoms with Crippen LogP contribution in [0, 0.1) is 0 Å². The number of carbonyl (C=O) groups excluding carboxylic acids is 2. The Morgan fingerprint density at radius 1 is 1.33 bits per heavy atom. The van der Waals surface area contributed by atoms with Crippen LogP contribution < -0.4 is 16.0 Å². The highest BCUT2D eigenvalue weighted by Gasteiger charge is 2.22. The van der Waals surface area contributed by atoms with Crippen molar-refractivity contribution >= 4 is 23.8 Å². The molecule has 11 nitrogen and oxygen atoms in total. The van der Waals surface area contributed by atoms with Gasteiger partial charge >= 0.3 is 12.1 Å². The maximum Gasteiger partial charge on any atom is 0.407 e. The third-order valence-electron chi connectivity index (χ3n) is 5.23. The summed E-state index contributed by atoms with van der Waals surface area (Å²) < 4.78 is 6.54. The van der Waals surface area contributed by atoms with Crippen molar-refractivity contribution in [1.82, 2.24) is 25.4 Å². The lowest BCUT2D eigenvalue weighted by atomic mass is 10.1. The number of nitrogens with one attached hydrogen (secondary N) is 3. The Hall–Kier alpha value is -3.63. The second-order valence-corrected chi connectivity index (χ2v) is 7.82. The fraction of sp³-hybridized carbons (Fsp3) is 0.500. The maximum absolute atomic E-state index is 12.4. The number of aryl methyl sites for hydroxylation is 3. The smallest absolute Gasteiger partial charge is 0.407 e. The van der Waals surface area contributed by atoms with E-state index in [1.54, 1.807) is 10.9 Å². The van der Waals surface area contributed by atoms with Crippen molar-refractivity contribution in [3.8, 4) is 0 Å². The molecule has 4 N–H and O–H groups in total. The lowest BCUT2D eigenvalue weighted by Crippen LogP contribution is -2.48. The Bertz CT molecular complexity index is 976. The molecule has 33 heavy (non-hydrogen) atoms. The van der Waals surface area contributed by atoms with E-state index in [0.29, 0.717) is 24.9 Å². The van der Waals surface area contributed by atoms with Crippen molar-refractivity contribution in [2.45, 2.75) is 51.6 Å². The Labute approximate surface area is 191 Å². The van der Waals surface area contributed by atoms with Crippen LogP contribution in [0.25, 0.3) is 0 Å². The van der Waals surface area contributed by atoms with Crippen molar-refractivity contribution in [2.75, 3.05) is 25.0 Å². The molecule has 1 atom stereocenters. The van der Waals surface area contributed by atoms with Gasteiger partial charge in [0, 0.05) is 37.9 Å². The van der Waals surface area contributed by atoms with E-state index in [-0.39, 0.29) is 13.2 Å². The molecule has 3 heterocycles. The van der Waals surface area contributed by atoms with Gasteiger partial charge in [-0.2, -0.15) is 5.10 Å². The summed E-state index contributed by atoms with van der Waals surface area (Å²) in [5.41, 5.74) is 2.46. The monoisotopic (exact) mass is 458 g/mol. The predicted molar refractivity (Wildman–Crippen MR) is 120 cm³/mol. The first-order valence-corrected chi connectivity index (χ1v) is 11.2. The molecule has 0 radical (unpaired) electrons. The topological polar surface area (TPSA) is 147 Å². The van der Waals surface area contributed by atoms with Gasteiger partial charge < -0.3 is 25.8 Å². The van der Waals surface area contributed by atoms with Gasteiger partial charge in [0.15, 0.2) is 0 Å². The number of pyridine rings is 1. The number of nitrogens with zero attached hydrogens (tertiary/aromatic N) is 3. The number of amides is 2. The second kappa shape index (κ2) is 11.8. The van der Waals surface area contributed by atoms with Crippen LogP contribution in [-0.4, -0.2) is 63.6 Å². The molecule has 0 aliphatic carbocycles. The average Bonchev–Trinajstić information content (AvgIpc) is 3.29. The SMILES string of the molecule is CCCCOC(=O)NC(CNC(=O)c1cnn(CCc2ccc3c(n2)NCCC3)c1)C(=O)O. The third kappa shape index (κ3) is 7.19. The van der Waals surface area contributed by atoms with Gasteiger partial charge in [-0.1, -0.05) is 19.4 Å². The van der Waals surface area contributed by atoms with Crippen LogP contribution in [0.5, 0.6) is 0 Å². The molecule has 0 saturated carbocycles. The first kappa shape index (κ1) is 24.0. The molecule has 178 valence electrons. The average molecular weight is 459 g/mol. The highest BCUT2D eigenvalue weighted by Crippen LogP contribution is 2.19. The number of alkyl carbamates (subject to hydrolysis) is 1. The number of rotatable bonds is 11. The van der Waals surface area contributed by atoms with Gasteiger partial charge in [-0.15, -0.1) is 0 Å². The summed E-state index contributed by atoms with van der Waals surface area (Å²) in [5.74, 6) is -0.814. The fourth-order valence-electron chi connectivity index (χ4n) is 3.33. The number of hydrogen-bond acceptors (Lipinski definition) is 7. The summed E-state index contributed by atoms with van der Waals surface area (Å²) >= 11 is 0. The van der Waals surface area contributed by atoms with Crippen molar-refractivity contribution in [2.24, 2.45) is 0 Å². The molecule has 2 aromatic rings. The van der Waals surface area contributed by atoms with Gasteiger partial charge in [0.25, 0.3) is 5.91 Å². The minimum Gasteiger partial charge on any atom is -0.480 e. The molecule has 0 saturated heterocycles. The zero-order valence-electron chi connectivity index (χ0n) is 18.7. The number of anilines is 1. The molecule has 1 aliphatic rings. The molecule has 2 amide bonds. The number of carboxylic acids is 1. The molecule has 3 rings (SSSR count). The molecule has 0 bridgehead atoms. The summed E-state index contributed by atoms with van der Waals surface area (Å²) in [6.45, 7) is 3.34. The number of fused-ring (bicyclic) bond motifs is 1. The summed E-state index contributed by atoms with van der Waals surface area (Å²) in [4.78, 5) is 40.1. The molecular weight excluding hydrogens is 428 g/mol. The number of carbonyl (C=O) groups is 3. The van der Waals surface area contributed by atoms with E-state index in [4.69, 9.17) is 4.74 Å². The highest BCUT2D eigenvalue weighted by molar-refractivity contribution is 5.94. The number of ether oxygens (including phenoxy) is 1. The molecule has 11 heteroatoms. The van der Waals surface area contributed by atoms with Gasteiger partial charge in [0.05, 0.1) is 18.4 Å². The van der Waals surface area contributed by atoms with E-state index in [0.717, 1.165) is 37.3 Å². The summed E-state index contributed by atoms with van der Waals surface area (Å²) in [6.07, 6.45) is 6.51. The van der Waals surface area contributed by atoms with E-state index in [1.807, 2.05) is 13.0 Å². The standard InChI is InChI=1S/C22H30N6O5/c1-2-3-11-33-22(32)27-18(21(30)31)13-24-20(29)16-12-25-28(14-16)10-8-17-7-6-15-5-4-9-23-19(15)26-17/h6-7,12,14,18H,2-5,8-11,13H2,1H3,(H,23,26)(H,24,29)(H,27,32)(H,30,31). The van der Waals surface area contributed by atoms with Crippen LogP contribution >= 0.6 is 0 Å². The zero-order valence-corrected chi connectivity index (χ0v) is 18.7. The molecule has 1 aliphatic heterocycles. The van der Waals surface area contributed by atoms with E-state index in [9.17, 15) is 19.5 Å². The normalized spacial score (nSPS) is 13.4. The number of hydrogen-bond donors (Lipinski definition) is 4. The Morgan fingerprint density at radius 3 is 2.97 bits per heavy atom. The van der Waals surface area contributed by atoms with E-state index < -0.39 is 24.0 Å². The molecule has 0 spiro atoms. The molecule has 2 aromatic heterocycles. The van der Waals surface area contributed by atoms with Crippen LogP contribution in [0.15, 0.2) is 24.5 Å². The van der Waals surface area contributed by atoms with Crippen molar-refractivity contribution in [1.29, 1.82) is 0 Å². The van der Waals surface area contributed by atoms with Gasteiger partial charge in [0.2, 0.25) is 0 Å². The van der Waals surface area contributed by atoms with Crippen LogP contribution in [-0.2, 0) is 28.9 Å². The summed E-state index contributed by atoms with van der Waals surface area (Å²) in [5, 5.41) is 21.5. The summed E-state index contributed by atoms with van der Waals surface area (Å²) in [6, 6.07) is 2.80. The molecule has 0 aromatic carbocycles. The molecule has 0 fully saturated rings. The Balaban J connectivity index is 1.47. The van der Waals surface area contributed by atoms with Crippen molar-refractivity contribution < 1.29 is 24.2 Å². The molecule has 1 unspecified atom stereocenters. The minimum atomic E-state index is -1.30.